The second-order valence-corrected chi connectivity index (χ2v) is 7.31. The Morgan fingerprint density at radius 1 is 1.29 bits per heavy atom. The fourth-order valence-corrected chi connectivity index (χ4v) is 3.38. The van der Waals surface area contributed by atoms with Crippen LogP contribution in [-0.2, 0) is 4.57 Å². The molecular formula is C8H20NO6P2+. The molecule has 7 nitrogen and oxygen atoms in total. The van der Waals surface area contributed by atoms with Crippen molar-refractivity contribution in [1.82, 2.24) is 0 Å². The first-order chi connectivity index (χ1) is 7.59. The molecule has 0 rings (SSSR count). The summed E-state index contributed by atoms with van der Waals surface area (Å²) in [7, 11) is -9.69. The van der Waals surface area contributed by atoms with E-state index in [0.29, 0.717) is 6.42 Å². The Labute approximate surface area is 101 Å². The highest BCUT2D eigenvalue weighted by atomic mass is 31.3. The number of hydrogen-bond acceptors (Lipinski definition) is 5. The number of aliphatic imine (C=N–C) groups is 1. The minimum Gasteiger partial charge on any atom is -0.317 e. The van der Waals surface area contributed by atoms with Crippen LogP contribution >= 0.6 is 15.5 Å². The first-order valence-corrected chi connectivity index (χ1v) is 8.56. The molecule has 0 saturated carbocycles. The maximum Gasteiger partial charge on any atom is 0.469 e. The van der Waals surface area contributed by atoms with E-state index >= 15 is 0 Å². The number of rotatable bonds is 7. The highest BCUT2D eigenvalue weighted by Gasteiger charge is 2.51. The molecule has 9 heteroatoms. The topological polar surface area (TPSA) is 131 Å². The van der Waals surface area contributed by atoms with Gasteiger partial charge < -0.3 is 9.79 Å². The fraction of sp³-hybridized carbons (Fsp3) is 0.875. The van der Waals surface area contributed by atoms with Gasteiger partial charge in [0, 0.05) is 0 Å². The summed E-state index contributed by atoms with van der Waals surface area (Å²) >= 11 is 0. The van der Waals surface area contributed by atoms with E-state index in [-0.39, 0.29) is 0 Å². The minimum atomic E-state index is -4.94. The monoisotopic (exact) mass is 288 g/mol. The third-order valence-electron chi connectivity index (χ3n) is 2.09. The van der Waals surface area contributed by atoms with Crippen molar-refractivity contribution in [2.24, 2.45) is 4.99 Å². The van der Waals surface area contributed by atoms with E-state index in [2.05, 4.69) is 4.99 Å². The van der Waals surface area contributed by atoms with Crippen molar-refractivity contribution in [3.05, 3.63) is 0 Å². The van der Waals surface area contributed by atoms with Crippen LogP contribution in [0.3, 0.4) is 0 Å². The van der Waals surface area contributed by atoms with E-state index in [0.717, 1.165) is 19.3 Å². The van der Waals surface area contributed by atoms with Gasteiger partial charge in [0.1, 0.15) is 0 Å². The van der Waals surface area contributed by atoms with E-state index in [1.165, 1.54) is 0 Å². The molecule has 0 aliphatic heterocycles. The number of unbranched alkanes of at least 4 members (excludes halogenated alkanes) is 2. The van der Waals surface area contributed by atoms with Gasteiger partial charge in [-0.15, -0.1) is 0 Å². The van der Waals surface area contributed by atoms with Gasteiger partial charge in [0.25, 0.3) is 0 Å². The van der Waals surface area contributed by atoms with Crippen molar-refractivity contribution in [2.75, 3.05) is 0 Å². The SMILES string of the molecule is CCCCCC(C)N=C(P(=O)(O)O)[P+](O)(O)O. The lowest BCUT2D eigenvalue weighted by Gasteiger charge is -2.11. The summed E-state index contributed by atoms with van der Waals surface area (Å²) in [5, 5.41) is -1.20. The van der Waals surface area contributed by atoms with Crippen molar-refractivity contribution in [1.29, 1.82) is 0 Å². The molecule has 0 aromatic heterocycles. The van der Waals surface area contributed by atoms with Gasteiger partial charge >= 0.3 is 20.7 Å². The molecule has 0 aliphatic rings. The number of hydrogen-bond donors (Lipinski definition) is 5. The molecule has 102 valence electrons. The first kappa shape index (κ1) is 17.1. The summed E-state index contributed by atoms with van der Waals surface area (Å²) in [5.74, 6) is 0. The largest absolute Gasteiger partial charge is 0.469 e. The second-order valence-electron chi connectivity index (χ2n) is 3.89. The van der Waals surface area contributed by atoms with Crippen LogP contribution in [0.4, 0.5) is 0 Å². The highest BCUT2D eigenvalue weighted by Crippen LogP contribution is 2.60. The molecule has 0 aromatic rings. The molecule has 0 bridgehead atoms. The lowest BCUT2D eigenvalue weighted by atomic mass is 10.1. The molecule has 0 fully saturated rings. The Hall–Kier alpha value is 0.130. The Bertz CT molecular complexity index is 308. The molecular weight excluding hydrogens is 268 g/mol. The maximum absolute atomic E-state index is 11.0. The third-order valence-corrected chi connectivity index (χ3v) is 4.97. The summed E-state index contributed by atoms with van der Waals surface area (Å²) in [6, 6.07) is -0.477. The van der Waals surface area contributed by atoms with Gasteiger partial charge in [0.15, 0.2) is 0 Å². The van der Waals surface area contributed by atoms with Gasteiger partial charge in [-0.3, -0.25) is 0 Å². The van der Waals surface area contributed by atoms with Gasteiger partial charge in [-0.05, 0) is 13.3 Å². The third kappa shape index (κ3) is 7.21. The summed E-state index contributed by atoms with van der Waals surface area (Å²) in [4.78, 5) is 48.1. The van der Waals surface area contributed by atoms with Crippen molar-refractivity contribution < 1.29 is 29.0 Å². The zero-order chi connectivity index (χ0) is 13.7. The van der Waals surface area contributed by atoms with Crippen LogP contribution in [-0.4, -0.2) is 35.7 Å². The van der Waals surface area contributed by atoms with Crippen LogP contribution < -0.4 is 0 Å². The standard InChI is InChI=1S/C8H19NO6P2/c1-3-4-5-6-7(2)9-8(16(10,11)12)17(13,14)15/h7,10-12H,3-6H2,1-2H3,(H-,13,14,15)/p+1. The fourth-order valence-electron chi connectivity index (χ4n) is 1.28. The lowest BCUT2D eigenvalue weighted by Crippen LogP contribution is -2.10. The van der Waals surface area contributed by atoms with Gasteiger partial charge in [-0.1, -0.05) is 26.2 Å². The Morgan fingerprint density at radius 2 is 1.82 bits per heavy atom. The highest BCUT2D eigenvalue weighted by molar-refractivity contribution is 8.00. The van der Waals surface area contributed by atoms with E-state index in [1.807, 2.05) is 6.92 Å². The van der Waals surface area contributed by atoms with Gasteiger partial charge in [0.05, 0.1) is 6.04 Å². The Morgan fingerprint density at radius 3 is 2.18 bits per heavy atom. The predicted octanol–water partition coefficient (Wildman–Crippen LogP) is 1.23. The van der Waals surface area contributed by atoms with E-state index < -0.39 is 26.8 Å². The van der Waals surface area contributed by atoms with Crippen molar-refractivity contribution >= 4 is 20.7 Å². The van der Waals surface area contributed by atoms with Crippen LogP contribution in [0.25, 0.3) is 0 Å². The molecule has 1 atom stereocenters. The molecule has 5 N–H and O–H groups in total. The first-order valence-electron chi connectivity index (χ1n) is 5.30. The molecule has 0 amide bonds. The van der Waals surface area contributed by atoms with Gasteiger partial charge in [0.2, 0.25) is 0 Å². The van der Waals surface area contributed by atoms with Gasteiger partial charge in [-0.2, -0.15) is 14.7 Å². The molecule has 0 heterocycles. The van der Waals surface area contributed by atoms with Crippen molar-refractivity contribution in [2.45, 2.75) is 45.6 Å². The van der Waals surface area contributed by atoms with Crippen LogP contribution in [0.5, 0.6) is 0 Å². The van der Waals surface area contributed by atoms with Crippen molar-refractivity contribution in [3.63, 3.8) is 0 Å². The van der Waals surface area contributed by atoms with Crippen molar-refractivity contribution in [3.8, 4) is 0 Å². The zero-order valence-electron chi connectivity index (χ0n) is 9.89. The zero-order valence-corrected chi connectivity index (χ0v) is 11.7. The molecule has 17 heavy (non-hydrogen) atoms. The maximum atomic E-state index is 11.0. The Kier molecular flexibility index (Phi) is 6.95. The smallest absolute Gasteiger partial charge is 0.317 e. The quantitative estimate of drug-likeness (QED) is 0.272. The summed E-state index contributed by atoms with van der Waals surface area (Å²) < 4.78 is 11.0. The average molecular weight is 288 g/mol. The van der Waals surface area contributed by atoms with E-state index in [9.17, 15) is 4.57 Å². The molecule has 0 radical (unpaired) electrons. The minimum absolute atomic E-state index is 0.477. The van der Waals surface area contributed by atoms with Crippen LogP contribution in [0.1, 0.15) is 39.5 Å². The van der Waals surface area contributed by atoms with E-state index in [4.69, 9.17) is 24.5 Å². The summed E-state index contributed by atoms with van der Waals surface area (Å²) in [6.45, 7) is 3.61. The molecule has 0 aliphatic carbocycles. The normalized spacial score (nSPS) is 16.1. The number of nitrogens with zero attached hydrogens (tertiary/aromatic N) is 1. The molecule has 0 spiro atoms. The average Bonchev–Trinajstić information content (AvgIpc) is 2.11. The van der Waals surface area contributed by atoms with Crippen LogP contribution in [0, 0.1) is 0 Å². The molecule has 1 unspecified atom stereocenters. The summed E-state index contributed by atoms with van der Waals surface area (Å²) in [6.07, 6.45) is 3.35. The summed E-state index contributed by atoms with van der Waals surface area (Å²) in [5.41, 5.74) is 0. The van der Waals surface area contributed by atoms with Crippen LogP contribution in [0.2, 0.25) is 0 Å². The van der Waals surface area contributed by atoms with Gasteiger partial charge in [-0.25, -0.2) is 9.56 Å². The van der Waals surface area contributed by atoms with Crippen LogP contribution in [0.15, 0.2) is 4.99 Å². The lowest BCUT2D eigenvalue weighted by molar-refractivity contribution is 0.348. The predicted molar refractivity (Wildman–Crippen MR) is 66.7 cm³/mol. The molecule has 0 aromatic carbocycles. The second kappa shape index (κ2) is 6.90. The van der Waals surface area contributed by atoms with E-state index in [1.54, 1.807) is 6.92 Å². The molecule has 0 saturated heterocycles. The Balaban J connectivity index is 4.77.